The molecule has 1 saturated heterocycles. The molecule has 0 bridgehead atoms. The quantitative estimate of drug-likeness (QED) is 0.681. The summed E-state index contributed by atoms with van der Waals surface area (Å²) in [7, 11) is 2.16. The van der Waals surface area contributed by atoms with Gasteiger partial charge in [0.1, 0.15) is 0 Å². The number of benzene rings is 2. The molecule has 1 aromatic heterocycles. The van der Waals surface area contributed by atoms with Gasteiger partial charge in [0.25, 0.3) is 0 Å². The van der Waals surface area contributed by atoms with Crippen LogP contribution in [0.4, 0.5) is 28.8 Å². The Bertz CT molecular complexity index is 907. The van der Waals surface area contributed by atoms with E-state index in [1.807, 2.05) is 36.4 Å². The van der Waals surface area contributed by atoms with E-state index in [1.54, 1.807) is 6.20 Å². The summed E-state index contributed by atoms with van der Waals surface area (Å²) in [6.45, 7) is 4.28. The Balaban J connectivity index is 1.40. The van der Waals surface area contributed by atoms with Gasteiger partial charge >= 0.3 is 0 Å². The van der Waals surface area contributed by atoms with Gasteiger partial charge < -0.3 is 20.4 Å². The Labute approximate surface area is 169 Å². The zero-order valence-corrected chi connectivity index (χ0v) is 16.4. The van der Waals surface area contributed by atoms with Crippen molar-refractivity contribution < 1.29 is 0 Å². The predicted molar refractivity (Wildman–Crippen MR) is 114 cm³/mol. The molecule has 0 radical (unpaired) electrons. The van der Waals surface area contributed by atoms with Gasteiger partial charge in [-0.25, -0.2) is 0 Å². The third-order valence-corrected chi connectivity index (χ3v) is 4.92. The molecule has 1 fully saturated rings. The number of nitrogens with one attached hydrogen (secondary N) is 2. The molecule has 1 aliphatic rings. The van der Waals surface area contributed by atoms with Crippen LogP contribution in [0.25, 0.3) is 0 Å². The SMILES string of the molecule is CN1CCN(c2ccc(Nc3nncc(Nc4ccc(Cl)cc4)n3)cc2)CC1. The van der Waals surface area contributed by atoms with E-state index in [4.69, 9.17) is 11.6 Å². The first kappa shape index (κ1) is 18.5. The third-order valence-electron chi connectivity index (χ3n) is 4.67. The maximum atomic E-state index is 5.92. The average molecular weight is 396 g/mol. The molecule has 2 N–H and O–H groups in total. The number of anilines is 5. The molecule has 0 amide bonds. The van der Waals surface area contributed by atoms with Crippen molar-refractivity contribution in [1.29, 1.82) is 0 Å². The minimum absolute atomic E-state index is 0.436. The number of hydrogen-bond acceptors (Lipinski definition) is 7. The molecule has 7 nitrogen and oxygen atoms in total. The van der Waals surface area contributed by atoms with E-state index in [0.717, 1.165) is 37.6 Å². The normalized spacial score (nSPS) is 14.7. The van der Waals surface area contributed by atoms with Crippen molar-refractivity contribution in [1.82, 2.24) is 20.1 Å². The molecule has 2 aromatic carbocycles. The molecular weight excluding hydrogens is 374 g/mol. The second-order valence-corrected chi connectivity index (χ2v) is 7.20. The standard InChI is InChI=1S/C20H22ClN7/c1-27-10-12-28(13-11-27)18-8-6-17(7-9-18)24-20-25-19(14-22-26-20)23-16-4-2-15(21)3-5-16/h2-9,14H,10-13H2,1H3,(H2,23,24,25,26). The number of aromatic nitrogens is 3. The average Bonchev–Trinajstić information content (AvgIpc) is 2.71. The Hall–Kier alpha value is -2.90. The lowest BCUT2D eigenvalue weighted by atomic mass is 10.2. The van der Waals surface area contributed by atoms with Crippen LogP contribution in [0.5, 0.6) is 0 Å². The van der Waals surface area contributed by atoms with Gasteiger partial charge in [-0.2, -0.15) is 10.1 Å². The maximum Gasteiger partial charge on any atom is 0.249 e. The summed E-state index contributed by atoms with van der Waals surface area (Å²) in [6, 6.07) is 15.7. The molecule has 0 aliphatic carbocycles. The minimum atomic E-state index is 0.436. The van der Waals surface area contributed by atoms with Gasteiger partial charge in [0.05, 0.1) is 6.20 Å². The Morgan fingerprint density at radius 3 is 2.21 bits per heavy atom. The van der Waals surface area contributed by atoms with Gasteiger partial charge in [-0.15, -0.1) is 5.10 Å². The van der Waals surface area contributed by atoms with Gasteiger partial charge in [0.2, 0.25) is 5.95 Å². The largest absolute Gasteiger partial charge is 0.369 e. The highest BCUT2D eigenvalue weighted by Crippen LogP contribution is 2.22. The highest BCUT2D eigenvalue weighted by molar-refractivity contribution is 6.30. The van der Waals surface area contributed by atoms with Crippen molar-refractivity contribution in [3.05, 3.63) is 59.8 Å². The highest BCUT2D eigenvalue weighted by atomic mass is 35.5. The zero-order valence-electron chi connectivity index (χ0n) is 15.6. The van der Waals surface area contributed by atoms with Crippen LogP contribution in [0, 0.1) is 0 Å². The molecule has 0 spiro atoms. The van der Waals surface area contributed by atoms with E-state index in [9.17, 15) is 0 Å². The molecule has 0 unspecified atom stereocenters. The molecular formula is C20H22ClN7. The molecule has 3 aromatic rings. The van der Waals surface area contributed by atoms with Crippen LogP contribution < -0.4 is 15.5 Å². The summed E-state index contributed by atoms with van der Waals surface area (Å²) >= 11 is 5.92. The summed E-state index contributed by atoms with van der Waals surface area (Å²) in [6.07, 6.45) is 1.58. The van der Waals surface area contributed by atoms with Crippen LogP contribution in [0.3, 0.4) is 0 Å². The van der Waals surface area contributed by atoms with Crippen LogP contribution in [-0.4, -0.2) is 53.3 Å². The van der Waals surface area contributed by atoms with Gasteiger partial charge in [0, 0.05) is 48.3 Å². The lowest BCUT2D eigenvalue weighted by Gasteiger charge is -2.34. The number of halogens is 1. The van der Waals surface area contributed by atoms with Crippen molar-refractivity contribution in [3.63, 3.8) is 0 Å². The van der Waals surface area contributed by atoms with Gasteiger partial charge in [-0.05, 0) is 55.6 Å². The number of hydrogen-bond donors (Lipinski definition) is 2. The molecule has 0 saturated carbocycles. The second kappa shape index (κ2) is 8.41. The Morgan fingerprint density at radius 1 is 0.857 bits per heavy atom. The fourth-order valence-electron chi connectivity index (χ4n) is 3.05. The first-order valence-corrected chi connectivity index (χ1v) is 9.56. The van der Waals surface area contributed by atoms with Crippen molar-refractivity contribution in [2.45, 2.75) is 0 Å². The first-order valence-electron chi connectivity index (χ1n) is 9.19. The van der Waals surface area contributed by atoms with Crippen molar-refractivity contribution in [2.75, 3.05) is 48.8 Å². The first-order chi connectivity index (χ1) is 13.7. The molecule has 28 heavy (non-hydrogen) atoms. The van der Waals surface area contributed by atoms with E-state index in [2.05, 4.69) is 54.8 Å². The maximum absolute atomic E-state index is 5.92. The fraction of sp³-hybridized carbons (Fsp3) is 0.250. The number of rotatable bonds is 5. The molecule has 1 aliphatic heterocycles. The Kier molecular flexibility index (Phi) is 5.55. The van der Waals surface area contributed by atoms with Crippen molar-refractivity contribution in [2.24, 2.45) is 0 Å². The summed E-state index contributed by atoms with van der Waals surface area (Å²) in [4.78, 5) is 9.21. The van der Waals surface area contributed by atoms with E-state index in [-0.39, 0.29) is 0 Å². The third kappa shape index (κ3) is 4.68. The van der Waals surface area contributed by atoms with Crippen LogP contribution in [0.1, 0.15) is 0 Å². The summed E-state index contributed by atoms with van der Waals surface area (Å²) in [5.74, 6) is 1.04. The van der Waals surface area contributed by atoms with Gasteiger partial charge in [-0.1, -0.05) is 11.6 Å². The highest BCUT2D eigenvalue weighted by Gasteiger charge is 2.14. The minimum Gasteiger partial charge on any atom is -0.369 e. The monoisotopic (exact) mass is 395 g/mol. The number of piperazine rings is 1. The molecule has 0 atom stereocenters. The lowest BCUT2D eigenvalue weighted by molar-refractivity contribution is 0.313. The topological polar surface area (TPSA) is 69.2 Å². The van der Waals surface area contributed by atoms with E-state index >= 15 is 0 Å². The molecule has 2 heterocycles. The van der Waals surface area contributed by atoms with Gasteiger partial charge in [-0.3, -0.25) is 0 Å². The number of nitrogens with zero attached hydrogens (tertiary/aromatic N) is 5. The summed E-state index contributed by atoms with van der Waals surface area (Å²) in [5.41, 5.74) is 3.03. The van der Waals surface area contributed by atoms with E-state index in [0.29, 0.717) is 16.8 Å². The van der Waals surface area contributed by atoms with Crippen molar-refractivity contribution >= 4 is 40.4 Å². The van der Waals surface area contributed by atoms with Crippen LogP contribution in [-0.2, 0) is 0 Å². The Morgan fingerprint density at radius 2 is 1.50 bits per heavy atom. The summed E-state index contributed by atoms with van der Waals surface area (Å²) in [5, 5.41) is 15.2. The molecule has 144 valence electrons. The number of likely N-dealkylation sites (N-methyl/N-ethyl adjacent to an activating group) is 1. The van der Waals surface area contributed by atoms with E-state index in [1.165, 1.54) is 5.69 Å². The fourth-order valence-corrected chi connectivity index (χ4v) is 3.17. The van der Waals surface area contributed by atoms with E-state index < -0.39 is 0 Å². The predicted octanol–water partition coefficient (Wildman–Crippen LogP) is 3.76. The lowest BCUT2D eigenvalue weighted by Crippen LogP contribution is -2.44. The smallest absolute Gasteiger partial charge is 0.249 e. The molecule has 8 heteroatoms. The summed E-state index contributed by atoms with van der Waals surface area (Å²) < 4.78 is 0. The van der Waals surface area contributed by atoms with Crippen LogP contribution >= 0.6 is 11.6 Å². The van der Waals surface area contributed by atoms with Gasteiger partial charge in [0.15, 0.2) is 5.82 Å². The van der Waals surface area contributed by atoms with Crippen LogP contribution in [0.15, 0.2) is 54.7 Å². The van der Waals surface area contributed by atoms with Crippen LogP contribution in [0.2, 0.25) is 5.02 Å². The van der Waals surface area contributed by atoms with Crippen molar-refractivity contribution in [3.8, 4) is 0 Å². The second-order valence-electron chi connectivity index (χ2n) is 6.76. The zero-order chi connectivity index (χ0) is 19.3. The molecule has 4 rings (SSSR count).